The number of methoxy groups -OCH3 is 2. The number of carbonyl (C=O) groups is 1. The second-order valence-electron chi connectivity index (χ2n) is 6.08. The van der Waals surface area contributed by atoms with Crippen molar-refractivity contribution in [2.24, 2.45) is 0 Å². The van der Waals surface area contributed by atoms with Crippen LogP contribution in [0.2, 0.25) is 0 Å². The van der Waals surface area contributed by atoms with Gasteiger partial charge < -0.3 is 23.7 Å². The lowest BCUT2D eigenvalue weighted by atomic mass is 10.2. The maximum absolute atomic E-state index is 12.4. The van der Waals surface area contributed by atoms with E-state index >= 15 is 0 Å². The Morgan fingerprint density at radius 1 is 1.00 bits per heavy atom. The minimum absolute atomic E-state index is 0.219. The number of hydrogen-bond donors (Lipinski definition) is 1. The minimum atomic E-state index is -0.255. The van der Waals surface area contributed by atoms with Crippen LogP contribution in [-0.4, -0.2) is 25.3 Å². The van der Waals surface area contributed by atoms with E-state index in [1.165, 1.54) is 7.11 Å². The molecule has 0 aliphatic carbocycles. The molecular weight excluding hydrogens is 360 g/mol. The van der Waals surface area contributed by atoms with Crippen molar-refractivity contribution < 1.29 is 23.2 Å². The standard InChI is InChI=1S/C21H18N2O5/c1-25-17-8-7-14(10-18(17)26-2)21(24)22-12-15-11-20(28-23-15)19-9-13-5-3-4-6-16(13)27-19/h3-11H,12H2,1-2H3,(H,22,24). The molecule has 0 bridgehead atoms. The molecule has 0 aliphatic heterocycles. The quantitative estimate of drug-likeness (QED) is 0.545. The number of ether oxygens (including phenoxy) is 2. The first kappa shape index (κ1) is 17.7. The van der Waals surface area contributed by atoms with E-state index in [1.807, 2.05) is 30.3 Å². The second-order valence-corrected chi connectivity index (χ2v) is 6.08. The molecule has 2 heterocycles. The van der Waals surface area contributed by atoms with Crippen LogP contribution in [0, 0.1) is 0 Å². The monoisotopic (exact) mass is 378 g/mol. The Balaban J connectivity index is 1.45. The molecule has 0 aliphatic rings. The second kappa shape index (κ2) is 7.48. The van der Waals surface area contributed by atoms with Crippen LogP contribution in [0.5, 0.6) is 11.5 Å². The Hall–Kier alpha value is -3.74. The predicted molar refractivity (Wildman–Crippen MR) is 102 cm³/mol. The first-order valence-electron chi connectivity index (χ1n) is 8.62. The number of amides is 1. The highest BCUT2D eigenvalue weighted by molar-refractivity contribution is 5.94. The molecule has 4 rings (SSSR count). The minimum Gasteiger partial charge on any atom is -0.493 e. The van der Waals surface area contributed by atoms with E-state index in [4.69, 9.17) is 18.4 Å². The Morgan fingerprint density at radius 3 is 2.61 bits per heavy atom. The van der Waals surface area contributed by atoms with Crippen molar-refractivity contribution in [2.75, 3.05) is 14.2 Å². The maximum Gasteiger partial charge on any atom is 0.251 e. The van der Waals surface area contributed by atoms with Crippen molar-refractivity contribution >= 4 is 16.9 Å². The summed E-state index contributed by atoms with van der Waals surface area (Å²) in [7, 11) is 3.07. The van der Waals surface area contributed by atoms with Crippen molar-refractivity contribution in [3.63, 3.8) is 0 Å². The topological polar surface area (TPSA) is 86.7 Å². The summed E-state index contributed by atoms with van der Waals surface area (Å²) in [6, 6.07) is 16.3. The SMILES string of the molecule is COc1ccc(C(=O)NCc2cc(-c3cc4ccccc4o3)on2)cc1OC. The summed E-state index contributed by atoms with van der Waals surface area (Å²) in [5.74, 6) is 1.89. The average molecular weight is 378 g/mol. The van der Waals surface area contributed by atoms with Gasteiger partial charge in [0, 0.05) is 17.0 Å². The van der Waals surface area contributed by atoms with Crippen molar-refractivity contribution in [1.82, 2.24) is 10.5 Å². The summed E-state index contributed by atoms with van der Waals surface area (Å²) in [6.07, 6.45) is 0. The van der Waals surface area contributed by atoms with Crippen molar-refractivity contribution in [2.45, 2.75) is 6.54 Å². The fourth-order valence-electron chi connectivity index (χ4n) is 2.86. The van der Waals surface area contributed by atoms with Gasteiger partial charge in [0.2, 0.25) is 5.76 Å². The summed E-state index contributed by atoms with van der Waals surface area (Å²) in [5, 5.41) is 7.79. The predicted octanol–water partition coefficient (Wildman–Crippen LogP) is 4.04. The molecule has 0 spiro atoms. The number of furan rings is 1. The maximum atomic E-state index is 12.4. The van der Waals surface area contributed by atoms with E-state index in [0.717, 1.165) is 11.0 Å². The largest absolute Gasteiger partial charge is 0.493 e. The highest BCUT2D eigenvalue weighted by Crippen LogP contribution is 2.29. The third kappa shape index (κ3) is 3.42. The van der Waals surface area contributed by atoms with Crippen LogP contribution in [0.3, 0.4) is 0 Å². The highest BCUT2D eigenvalue weighted by atomic mass is 16.5. The van der Waals surface area contributed by atoms with E-state index in [9.17, 15) is 4.79 Å². The Bertz CT molecular complexity index is 1100. The number of nitrogens with zero attached hydrogens (tertiary/aromatic N) is 1. The van der Waals surface area contributed by atoms with E-state index in [1.54, 1.807) is 31.4 Å². The van der Waals surface area contributed by atoms with Crippen LogP contribution < -0.4 is 14.8 Å². The van der Waals surface area contributed by atoms with Gasteiger partial charge in [-0.3, -0.25) is 4.79 Å². The van der Waals surface area contributed by atoms with Gasteiger partial charge in [-0.2, -0.15) is 0 Å². The van der Waals surface area contributed by atoms with Gasteiger partial charge in [-0.05, 0) is 30.3 Å². The molecule has 2 aromatic carbocycles. The molecule has 0 atom stereocenters. The summed E-state index contributed by atoms with van der Waals surface area (Å²) in [5.41, 5.74) is 1.82. The van der Waals surface area contributed by atoms with Gasteiger partial charge in [0.25, 0.3) is 5.91 Å². The Kier molecular flexibility index (Phi) is 4.72. The normalized spacial score (nSPS) is 10.8. The number of carbonyl (C=O) groups excluding carboxylic acids is 1. The summed E-state index contributed by atoms with van der Waals surface area (Å²) < 4.78 is 21.5. The van der Waals surface area contributed by atoms with Crippen LogP contribution >= 0.6 is 0 Å². The molecule has 7 nitrogen and oxygen atoms in total. The van der Waals surface area contributed by atoms with E-state index < -0.39 is 0 Å². The molecule has 0 radical (unpaired) electrons. The van der Waals surface area contributed by atoms with Gasteiger partial charge in [-0.25, -0.2) is 0 Å². The van der Waals surface area contributed by atoms with E-state index in [0.29, 0.717) is 34.3 Å². The van der Waals surface area contributed by atoms with E-state index in [-0.39, 0.29) is 12.5 Å². The van der Waals surface area contributed by atoms with Crippen LogP contribution in [0.25, 0.3) is 22.5 Å². The zero-order valence-corrected chi connectivity index (χ0v) is 15.4. The summed E-state index contributed by atoms with van der Waals surface area (Å²) >= 11 is 0. The third-order valence-corrected chi connectivity index (χ3v) is 4.30. The molecule has 0 saturated heterocycles. The van der Waals surface area contributed by atoms with Crippen molar-refractivity contribution in [3.8, 4) is 23.0 Å². The molecule has 1 N–H and O–H groups in total. The number of fused-ring (bicyclic) bond motifs is 1. The number of hydrogen-bond acceptors (Lipinski definition) is 6. The number of benzene rings is 2. The molecule has 7 heteroatoms. The first-order valence-corrected chi connectivity index (χ1v) is 8.62. The molecule has 1 amide bonds. The lowest BCUT2D eigenvalue weighted by Crippen LogP contribution is -2.22. The molecule has 4 aromatic rings. The zero-order valence-electron chi connectivity index (χ0n) is 15.4. The summed E-state index contributed by atoms with van der Waals surface area (Å²) in [6.45, 7) is 0.219. The fourth-order valence-corrected chi connectivity index (χ4v) is 2.86. The number of para-hydroxylation sites is 1. The zero-order chi connectivity index (χ0) is 19.5. The summed E-state index contributed by atoms with van der Waals surface area (Å²) in [4.78, 5) is 12.4. The van der Waals surface area contributed by atoms with Gasteiger partial charge in [0.15, 0.2) is 17.3 Å². The fraction of sp³-hybridized carbons (Fsp3) is 0.143. The van der Waals surface area contributed by atoms with Crippen LogP contribution in [-0.2, 0) is 6.54 Å². The van der Waals surface area contributed by atoms with Crippen molar-refractivity contribution in [3.05, 3.63) is 65.9 Å². The third-order valence-electron chi connectivity index (χ3n) is 4.30. The molecule has 0 fully saturated rings. The Labute approximate surface area is 160 Å². The van der Waals surface area contributed by atoms with Crippen LogP contribution in [0.1, 0.15) is 16.1 Å². The van der Waals surface area contributed by atoms with Gasteiger partial charge in [-0.15, -0.1) is 0 Å². The Morgan fingerprint density at radius 2 is 1.82 bits per heavy atom. The molecular formula is C21H18N2O5. The molecule has 28 heavy (non-hydrogen) atoms. The first-order chi connectivity index (χ1) is 13.7. The molecule has 2 aromatic heterocycles. The number of nitrogens with one attached hydrogen (secondary N) is 1. The number of rotatable bonds is 6. The van der Waals surface area contributed by atoms with Gasteiger partial charge in [0.1, 0.15) is 11.3 Å². The lowest BCUT2D eigenvalue weighted by Gasteiger charge is -2.09. The van der Waals surface area contributed by atoms with E-state index in [2.05, 4.69) is 10.5 Å². The average Bonchev–Trinajstić information content (AvgIpc) is 3.38. The van der Waals surface area contributed by atoms with Crippen molar-refractivity contribution in [1.29, 1.82) is 0 Å². The molecule has 0 unspecified atom stereocenters. The molecule has 142 valence electrons. The van der Waals surface area contributed by atoms with Gasteiger partial charge in [0.05, 0.1) is 20.8 Å². The van der Waals surface area contributed by atoms with Gasteiger partial charge >= 0.3 is 0 Å². The molecule has 0 saturated carbocycles. The smallest absolute Gasteiger partial charge is 0.251 e. The van der Waals surface area contributed by atoms with Gasteiger partial charge in [-0.1, -0.05) is 23.4 Å². The van der Waals surface area contributed by atoms with Crippen LogP contribution in [0.15, 0.2) is 63.5 Å². The lowest BCUT2D eigenvalue weighted by molar-refractivity contribution is 0.0949. The highest BCUT2D eigenvalue weighted by Gasteiger charge is 2.14. The van der Waals surface area contributed by atoms with Crippen LogP contribution in [0.4, 0.5) is 0 Å². The number of aromatic nitrogens is 1.